The van der Waals surface area contributed by atoms with Crippen LogP contribution < -0.4 is 5.43 Å². The molecule has 0 aliphatic heterocycles. The number of aryl methyl sites for hydroxylation is 1. The van der Waals surface area contributed by atoms with E-state index in [1.54, 1.807) is 25.3 Å². The molecule has 0 fully saturated rings. The molecule has 1 aromatic heterocycles. The normalized spacial score (nSPS) is 10.9. The zero-order valence-corrected chi connectivity index (χ0v) is 13.6. The molecule has 0 saturated heterocycles. The molecule has 0 radical (unpaired) electrons. The number of imidazole rings is 1. The molecule has 112 valence electrons. The molecule has 0 spiro atoms. The lowest BCUT2D eigenvalue weighted by Gasteiger charge is -2.13. The fourth-order valence-corrected chi connectivity index (χ4v) is 2.75. The summed E-state index contributed by atoms with van der Waals surface area (Å²) in [5, 5.41) is 2.46. The average Bonchev–Trinajstić information content (AvgIpc) is 2.87. The molecule has 21 heavy (non-hydrogen) atoms. The van der Waals surface area contributed by atoms with E-state index in [2.05, 4.69) is 36.4 Å². The first-order valence-corrected chi connectivity index (χ1v) is 7.67. The highest BCUT2D eigenvalue weighted by Crippen LogP contribution is 2.24. The number of nitrogens with one attached hydrogen (secondary N) is 1. The van der Waals surface area contributed by atoms with Gasteiger partial charge in [0.2, 0.25) is 5.91 Å². The summed E-state index contributed by atoms with van der Waals surface area (Å²) in [6.45, 7) is 4.19. The summed E-state index contributed by atoms with van der Waals surface area (Å²) in [6, 6.07) is 6.19. The first-order valence-electron chi connectivity index (χ1n) is 6.68. The van der Waals surface area contributed by atoms with E-state index in [4.69, 9.17) is 0 Å². The molecule has 2 rings (SSSR count). The van der Waals surface area contributed by atoms with E-state index in [1.165, 1.54) is 22.9 Å². The molecule has 1 amide bonds. The largest absolute Gasteiger partial charge is 0.295 e. The fraction of sp³-hybridized carbons (Fsp3) is 0.333. The van der Waals surface area contributed by atoms with Crippen molar-refractivity contribution in [2.45, 2.75) is 19.0 Å². The number of rotatable bonds is 5. The van der Waals surface area contributed by atoms with Crippen LogP contribution in [-0.4, -0.2) is 40.3 Å². The van der Waals surface area contributed by atoms with Gasteiger partial charge >= 0.3 is 0 Å². The van der Waals surface area contributed by atoms with Gasteiger partial charge in [0, 0.05) is 26.5 Å². The second-order valence-corrected chi connectivity index (χ2v) is 5.96. The van der Waals surface area contributed by atoms with E-state index in [0.29, 0.717) is 5.75 Å². The predicted molar refractivity (Wildman–Crippen MR) is 85.6 cm³/mol. The lowest BCUT2D eigenvalue weighted by molar-refractivity contribution is -0.122. The van der Waals surface area contributed by atoms with E-state index in [-0.39, 0.29) is 5.91 Å². The molecule has 1 N–H and O–H groups in total. The van der Waals surface area contributed by atoms with Crippen LogP contribution in [0.4, 0.5) is 0 Å². The van der Waals surface area contributed by atoms with Crippen LogP contribution in [0.5, 0.6) is 0 Å². The number of carbonyl (C=O) groups is 1. The molecule has 0 aliphatic carbocycles. The van der Waals surface area contributed by atoms with Gasteiger partial charge in [-0.15, -0.1) is 0 Å². The van der Waals surface area contributed by atoms with E-state index in [0.717, 1.165) is 10.8 Å². The Hall–Kier alpha value is -1.79. The smallest absolute Gasteiger partial charge is 0.244 e. The monoisotopic (exact) mass is 304 g/mol. The van der Waals surface area contributed by atoms with Crippen molar-refractivity contribution in [2.75, 3.05) is 19.8 Å². The Morgan fingerprint density at radius 2 is 2.14 bits per heavy atom. The Balaban J connectivity index is 2.16. The van der Waals surface area contributed by atoms with Gasteiger partial charge in [-0.2, -0.15) is 0 Å². The SMILES string of the molecule is Cc1cccc(-n2ccnc2SCC(=O)NN(C)C)c1C. The zero-order valence-electron chi connectivity index (χ0n) is 12.8. The van der Waals surface area contributed by atoms with Gasteiger partial charge in [0.1, 0.15) is 0 Å². The van der Waals surface area contributed by atoms with E-state index in [9.17, 15) is 4.79 Å². The average molecular weight is 304 g/mol. The maximum Gasteiger partial charge on any atom is 0.244 e. The van der Waals surface area contributed by atoms with Crippen LogP contribution in [-0.2, 0) is 4.79 Å². The summed E-state index contributed by atoms with van der Waals surface area (Å²) in [5.74, 6) is 0.292. The van der Waals surface area contributed by atoms with Gasteiger partial charge in [0.15, 0.2) is 5.16 Å². The summed E-state index contributed by atoms with van der Waals surface area (Å²) in [7, 11) is 3.58. The van der Waals surface area contributed by atoms with Crippen molar-refractivity contribution in [2.24, 2.45) is 0 Å². The zero-order chi connectivity index (χ0) is 15.4. The number of hydrazine groups is 1. The lowest BCUT2D eigenvalue weighted by Crippen LogP contribution is -2.37. The highest BCUT2D eigenvalue weighted by molar-refractivity contribution is 7.99. The molecule has 2 aromatic rings. The van der Waals surface area contributed by atoms with E-state index >= 15 is 0 Å². The van der Waals surface area contributed by atoms with Crippen LogP contribution in [0.2, 0.25) is 0 Å². The van der Waals surface area contributed by atoms with Crippen LogP contribution in [0.15, 0.2) is 35.7 Å². The Bertz CT molecular complexity index is 636. The van der Waals surface area contributed by atoms with Gasteiger partial charge in [0.05, 0.1) is 11.4 Å². The van der Waals surface area contributed by atoms with E-state index < -0.39 is 0 Å². The maximum atomic E-state index is 11.7. The van der Waals surface area contributed by atoms with Crippen LogP contribution in [0.25, 0.3) is 5.69 Å². The topological polar surface area (TPSA) is 50.2 Å². The Morgan fingerprint density at radius 3 is 2.86 bits per heavy atom. The number of hydrogen-bond donors (Lipinski definition) is 1. The standard InChI is InChI=1S/C15H20N4OS/c1-11-6-5-7-13(12(11)2)19-9-8-16-15(19)21-10-14(20)17-18(3)4/h5-9H,10H2,1-4H3,(H,17,20). The first-order chi connectivity index (χ1) is 9.99. The number of aromatic nitrogens is 2. The third kappa shape index (κ3) is 3.86. The minimum Gasteiger partial charge on any atom is -0.295 e. The quantitative estimate of drug-likeness (QED) is 0.679. The van der Waals surface area contributed by atoms with Crippen molar-refractivity contribution in [1.29, 1.82) is 0 Å². The fourth-order valence-electron chi connectivity index (χ4n) is 1.99. The van der Waals surface area contributed by atoms with Gasteiger partial charge < -0.3 is 0 Å². The number of benzene rings is 1. The molecule has 5 nitrogen and oxygen atoms in total. The van der Waals surface area contributed by atoms with Crippen LogP contribution in [0.3, 0.4) is 0 Å². The third-order valence-electron chi connectivity index (χ3n) is 3.12. The van der Waals surface area contributed by atoms with Gasteiger partial charge in [-0.3, -0.25) is 14.8 Å². The Kier molecular flexibility index (Phi) is 5.03. The van der Waals surface area contributed by atoms with Crippen LogP contribution >= 0.6 is 11.8 Å². The molecule has 1 aromatic carbocycles. The second-order valence-electron chi connectivity index (χ2n) is 5.02. The van der Waals surface area contributed by atoms with Crippen molar-refractivity contribution in [3.8, 4) is 5.69 Å². The minimum atomic E-state index is -0.0412. The molecule has 1 heterocycles. The van der Waals surface area contributed by atoms with Crippen molar-refractivity contribution in [3.63, 3.8) is 0 Å². The maximum absolute atomic E-state index is 11.7. The summed E-state index contributed by atoms with van der Waals surface area (Å²) in [5.41, 5.74) is 6.28. The van der Waals surface area contributed by atoms with Crippen molar-refractivity contribution in [1.82, 2.24) is 20.0 Å². The number of carbonyl (C=O) groups excluding carboxylic acids is 1. The van der Waals surface area contributed by atoms with Crippen LogP contribution in [0.1, 0.15) is 11.1 Å². The third-order valence-corrected chi connectivity index (χ3v) is 4.09. The van der Waals surface area contributed by atoms with Crippen molar-refractivity contribution in [3.05, 3.63) is 41.7 Å². The summed E-state index contributed by atoms with van der Waals surface area (Å²) >= 11 is 1.43. The van der Waals surface area contributed by atoms with Crippen molar-refractivity contribution < 1.29 is 4.79 Å². The highest BCUT2D eigenvalue weighted by Gasteiger charge is 2.11. The molecule has 0 aliphatic rings. The Labute approximate surface area is 129 Å². The predicted octanol–water partition coefficient (Wildman–Crippen LogP) is 2.17. The molecular formula is C15H20N4OS. The first kappa shape index (κ1) is 15.6. The number of hydrogen-bond acceptors (Lipinski definition) is 4. The molecular weight excluding hydrogens is 284 g/mol. The highest BCUT2D eigenvalue weighted by atomic mass is 32.2. The lowest BCUT2D eigenvalue weighted by atomic mass is 10.1. The van der Waals surface area contributed by atoms with Gasteiger partial charge in [0.25, 0.3) is 0 Å². The second kappa shape index (κ2) is 6.78. The molecule has 0 saturated carbocycles. The molecule has 0 bridgehead atoms. The molecule has 0 atom stereocenters. The van der Waals surface area contributed by atoms with Crippen LogP contribution in [0, 0.1) is 13.8 Å². The van der Waals surface area contributed by atoms with Gasteiger partial charge in [-0.05, 0) is 31.0 Å². The number of nitrogens with zero attached hydrogens (tertiary/aromatic N) is 3. The summed E-state index contributed by atoms with van der Waals surface area (Å²) in [4.78, 5) is 16.1. The summed E-state index contributed by atoms with van der Waals surface area (Å²) < 4.78 is 2.02. The minimum absolute atomic E-state index is 0.0412. The molecule has 0 unspecified atom stereocenters. The van der Waals surface area contributed by atoms with Gasteiger partial charge in [-0.1, -0.05) is 23.9 Å². The van der Waals surface area contributed by atoms with Gasteiger partial charge in [-0.25, -0.2) is 9.99 Å². The molecule has 6 heteroatoms. The number of thioether (sulfide) groups is 1. The van der Waals surface area contributed by atoms with E-state index in [1.807, 2.05) is 16.8 Å². The van der Waals surface area contributed by atoms with Crippen molar-refractivity contribution >= 4 is 17.7 Å². The number of amides is 1. The summed E-state index contributed by atoms with van der Waals surface area (Å²) in [6.07, 6.45) is 3.68. The Morgan fingerprint density at radius 1 is 1.38 bits per heavy atom.